The fourth-order valence-electron chi connectivity index (χ4n) is 4.86. The molecule has 2 aliphatic rings. The van der Waals surface area contributed by atoms with Crippen molar-refractivity contribution >= 4 is 52.1 Å². The Balaban J connectivity index is 1.37. The molecular weight excluding hydrogens is 491 g/mol. The lowest BCUT2D eigenvalue weighted by molar-refractivity contribution is -0.137. The number of benzene rings is 2. The van der Waals surface area contributed by atoms with Crippen molar-refractivity contribution in [2.24, 2.45) is 11.8 Å². The summed E-state index contributed by atoms with van der Waals surface area (Å²) in [6.45, 7) is 5.10. The van der Waals surface area contributed by atoms with Crippen molar-refractivity contribution in [3.63, 3.8) is 0 Å². The van der Waals surface area contributed by atoms with E-state index in [0.717, 1.165) is 55.7 Å². The smallest absolute Gasteiger partial charge is 0.225 e. The first-order valence-electron chi connectivity index (χ1n) is 11.8. The molecule has 0 aliphatic carbocycles. The first-order chi connectivity index (χ1) is 16.4. The number of hydrogen-bond acceptors (Lipinski definition) is 4. The molecule has 0 aromatic heterocycles. The molecule has 2 heterocycles. The van der Waals surface area contributed by atoms with E-state index in [4.69, 9.17) is 40.1 Å². The van der Waals surface area contributed by atoms with Crippen LogP contribution < -0.4 is 10.2 Å². The number of amides is 1. The molecular formula is C26H29Cl3N4O. The van der Waals surface area contributed by atoms with Gasteiger partial charge in [0.15, 0.2) is 0 Å². The Kier molecular flexibility index (Phi) is 8.14. The minimum Gasteiger partial charge on any atom is -0.377 e. The molecule has 8 heteroatoms. The molecule has 0 saturated carbocycles. The van der Waals surface area contributed by atoms with Crippen LogP contribution in [0.3, 0.4) is 0 Å². The summed E-state index contributed by atoms with van der Waals surface area (Å²) in [4.78, 5) is 17.2. The Morgan fingerprint density at radius 3 is 2.35 bits per heavy atom. The predicted octanol–water partition coefficient (Wildman–Crippen LogP) is 6.80. The Hall–Kier alpha value is -2.13. The molecule has 0 spiro atoms. The van der Waals surface area contributed by atoms with E-state index in [1.807, 2.05) is 36.1 Å². The SMILES string of the molecule is C[C@@H](Nc1cc(N2CCC(C(=O)N3CCC(C#N)CC3)CC2)ccc1Cl)c1ccc(Cl)cc1Cl. The normalized spacial score (nSPS) is 18.4. The van der Waals surface area contributed by atoms with Crippen LogP contribution in [0, 0.1) is 23.2 Å². The van der Waals surface area contributed by atoms with Crippen molar-refractivity contribution < 1.29 is 4.79 Å². The number of hydrogen-bond donors (Lipinski definition) is 1. The molecule has 0 radical (unpaired) electrons. The summed E-state index contributed by atoms with van der Waals surface area (Å²) in [5.74, 6) is 0.409. The molecule has 0 unspecified atom stereocenters. The van der Waals surface area contributed by atoms with Crippen molar-refractivity contribution in [1.29, 1.82) is 5.26 Å². The number of nitrogens with one attached hydrogen (secondary N) is 1. The van der Waals surface area contributed by atoms with E-state index in [1.54, 1.807) is 6.07 Å². The lowest BCUT2D eigenvalue weighted by Gasteiger charge is -2.37. The zero-order chi connectivity index (χ0) is 24.2. The highest BCUT2D eigenvalue weighted by atomic mass is 35.5. The van der Waals surface area contributed by atoms with Crippen LogP contribution in [-0.2, 0) is 4.79 Å². The summed E-state index contributed by atoms with van der Waals surface area (Å²) in [6, 6.07) is 13.8. The molecule has 1 N–H and O–H groups in total. The molecule has 4 rings (SSSR count). The highest BCUT2D eigenvalue weighted by Crippen LogP contribution is 2.34. The van der Waals surface area contributed by atoms with Gasteiger partial charge in [0, 0.05) is 53.7 Å². The van der Waals surface area contributed by atoms with Gasteiger partial charge >= 0.3 is 0 Å². The van der Waals surface area contributed by atoms with Crippen molar-refractivity contribution in [3.05, 3.63) is 57.0 Å². The second-order valence-electron chi connectivity index (χ2n) is 9.19. The second kappa shape index (κ2) is 11.1. The summed E-state index contributed by atoms with van der Waals surface area (Å²) >= 11 is 18.9. The standard InChI is InChI=1S/C26H29Cl3N4O/c1-17(22-4-2-20(27)14-24(22)29)31-25-15-21(3-5-23(25)28)32-12-8-19(9-13-32)26(34)33-10-6-18(16-30)7-11-33/h2-5,14-15,17-19,31H,6-13H2,1H3/t17-/m1/s1. The largest absolute Gasteiger partial charge is 0.377 e. The van der Waals surface area contributed by atoms with Gasteiger partial charge in [0.25, 0.3) is 0 Å². The molecule has 180 valence electrons. The van der Waals surface area contributed by atoms with E-state index in [0.29, 0.717) is 28.2 Å². The molecule has 2 aromatic carbocycles. The quantitative estimate of drug-likeness (QED) is 0.472. The molecule has 0 bridgehead atoms. The zero-order valence-electron chi connectivity index (χ0n) is 19.2. The van der Waals surface area contributed by atoms with Gasteiger partial charge < -0.3 is 15.1 Å². The Morgan fingerprint density at radius 2 is 1.71 bits per heavy atom. The number of halogens is 3. The Morgan fingerprint density at radius 1 is 1.00 bits per heavy atom. The van der Waals surface area contributed by atoms with Crippen molar-refractivity contribution in [2.45, 2.75) is 38.6 Å². The highest BCUT2D eigenvalue weighted by Gasteiger charge is 2.31. The molecule has 2 aliphatic heterocycles. The number of rotatable bonds is 5. The van der Waals surface area contributed by atoms with Gasteiger partial charge in [-0.2, -0.15) is 5.26 Å². The maximum Gasteiger partial charge on any atom is 0.225 e. The lowest BCUT2D eigenvalue weighted by atomic mass is 9.92. The fourth-order valence-corrected chi connectivity index (χ4v) is 5.60. The second-order valence-corrected chi connectivity index (χ2v) is 10.4. The molecule has 2 saturated heterocycles. The van der Waals surface area contributed by atoms with Crippen molar-refractivity contribution in [1.82, 2.24) is 4.90 Å². The molecule has 1 amide bonds. The third-order valence-corrected chi connectivity index (χ3v) is 7.84. The Bertz CT molecular complexity index is 1070. The van der Waals surface area contributed by atoms with E-state index < -0.39 is 0 Å². The van der Waals surface area contributed by atoms with E-state index in [2.05, 4.69) is 22.4 Å². The van der Waals surface area contributed by atoms with Crippen LogP contribution in [0.2, 0.25) is 15.1 Å². The summed E-state index contributed by atoms with van der Waals surface area (Å²) in [6.07, 6.45) is 3.25. The van der Waals surface area contributed by atoms with Crippen LogP contribution in [0.1, 0.15) is 44.2 Å². The van der Waals surface area contributed by atoms with Gasteiger partial charge in [-0.15, -0.1) is 0 Å². The van der Waals surface area contributed by atoms with Gasteiger partial charge in [0.2, 0.25) is 5.91 Å². The number of anilines is 2. The van der Waals surface area contributed by atoms with Gasteiger partial charge in [-0.1, -0.05) is 40.9 Å². The highest BCUT2D eigenvalue weighted by molar-refractivity contribution is 6.35. The van der Waals surface area contributed by atoms with Gasteiger partial charge in [-0.25, -0.2) is 0 Å². The first kappa shape index (κ1) is 25.0. The predicted molar refractivity (Wildman–Crippen MR) is 140 cm³/mol. The number of carbonyl (C=O) groups excluding carboxylic acids is 1. The van der Waals surface area contributed by atoms with Crippen LogP contribution in [0.4, 0.5) is 11.4 Å². The van der Waals surface area contributed by atoms with Crippen LogP contribution in [0.25, 0.3) is 0 Å². The van der Waals surface area contributed by atoms with Gasteiger partial charge in [-0.05, 0) is 68.5 Å². The molecule has 5 nitrogen and oxygen atoms in total. The van der Waals surface area contributed by atoms with Crippen LogP contribution >= 0.6 is 34.8 Å². The van der Waals surface area contributed by atoms with E-state index in [-0.39, 0.29) is 23.8 Å². The van der Waals surface area contributed by atoms with Crippen LogP contribution in [-0.4, -0.2) is 37.0 Å². The maximum absolute atomic E-state index is 13.0. The third-order valence-electron chi connectivity index (χ3n) is 6.95. The Labute approximate surface area is 216 Å². The molecule has 1 atom stereocenters. The van der Waals surface area contributed by atoms with Gasteiger partial charge in [0.1, 0.15) is 0 Å². The maximum atomic E-state index is 13.0. The zero-order valence-corrected chi connectivity index (χ0v) is 21.5. The van der Waals surface area contributed by atoms with Crippen molar-refractivity contribution in [2.75, 3.05) is 36.4 Å². The summed E-state index contributed by atoms with van der Waals surface area (Å²) in [5.41, 5.74) is 2.88. The van der Waals surface area contributed by atoms with Crippen LogP contribution in [0.5, 0.6) is 0 Å². The molecule has 2 aromatic rings. The van der Waals surface area contributed by atoms with Gasteiger partial charge in [-0.3, -0.25) is 4.79 Å². The topological polar surface area (TPSA) is 59.4 Å². The summed E-state index contributed by atoms with van der Waals surface area (Å²) in [5, 5.41) is 14.4. The number of likely N-dealkylation sites (tertiary alicyclic amines) is 1. The first-order valence-corrected chi connectivity index (χ1v) is 12.9. The number of nitriles is 1. The third kappa shape index (κ3) is 5.74. The average Bonchev–Trinajstić information content (AvgIpc) is 2.85. The number of nitrogens with zero attached hydrogens (tertiary/aromatic N) is 3. The number of carbonyl (C=O) groups is 1. The summed E-state index contributed by atoms with van der Waals surface area (Å²) in [7, 11) is 0. The molecule has 2 fully saturated rings. The number of piperidine rings is 2. The average molecular weight is 520 g/mol. The van der Waals surface area contributed by atoms with Crippen molar-refractivity contribution in [3.8, 4) is 6.07 Å². The van der Waals surface area contributed by atoms with E-state index in [1.165, 1.54) is 0 Å². The fraction of sp³-hybridized carbons (Fsp3) is 0.462. The van der Waals surface area contributed by atoms with Crippen LogP contribution in [0.15, 0.2) is 36.4 Å². The van der Waals surface area contributed by atoms with Gasteiger partial charge in [0.05, 0.1) is 22.8 Å². The lowest BCUT2D eigenvalue weighted by Crippen LogP contribution is -2.45. The molecule has 34 heavy (non-hydrogen) atoms. The minimum atomic E-state index is -0.0500. The van der Waals surface area contributed by atoms with E-state index in [9.17, 15) is 4.79 Å². The van der Waals surface area contributed by atoms with E-state index >= 15 is 0 Å². The monoisotopic (exact) mass is 518 g/mol. The summed E-state index contributed by atoms with van der Waals surface area (Å²) < 4.78 is 0. The minimum absolute atomic E-state index is 0.0500.